The molecule has 116 valence electrons. The van der Waals surface area contributed by atoms with E-state index < -0.39 is 0 Å². The van der Waals surface area contributed by atoms with Gasteiger partial charge in [0, 0.05) is 22.2 Å². The van der Waals surface area contributed by atoms with Crippen LogP contribution in [0, 0.1) is 0 Å². The SMILES string of the molecule is CC(/C=N/NC(=O)c1sc2ccccc2c1Cl)c1ccccc1. The van der Waals surface area contributed by atoms with Crippen molar-refractivity contribution in [2.45, 2.75) is 12.8 Å². The van der Waals surface area contributed by atoms with Gasteiger partial charge in [0.15, 0.2) is 0 Å². The number of hydrazone groups is 1. The van der Waals surface area contributed by atoms with Crippen molar-refractivity contribution in [1.29, 1.82) is 0 Å². The van der Waals surface area contributed by atoms with Crippen LogP contribution in [-0.4, -0.2) is 12.1 Å². The molecule has 0 saturated carbocycles. The molecule has 1 aromatic heterocycles. The minimum Gasteiger partial charge on any atom is -0.266 e. The molecule has 3 aromatic rings. The monoisotopic (exact) mass is 342 g/mol. The first-order chi connectivity index (χ1) is 11.2. The molecule has 1 heterocycles. The van der Waals surface area contributed by atoms with Crippen LogP contribution >= 0.6 is 22.9 Å². The van der Waals surface area contributed by atoms with Crippen LogP contribution in [0.5, 0.6) is 0 Å². The number of carbonyl (C=O) groups is 1. The van der Waals surface area contributed by atoms with E-state index in [1.807, 2.05) is 61.5 Å². The van der Waals surface area contributed by atoms with E-state index in [4.69, 9.17) is 11.6 Å². The summed E-state index contributed by atoms with van der Waals surface area (Å²) in [7, 11) is 0. The van der Waals surface area contributed by atoms with Crippen LogP contribution in [-0.2, 0) is 0 Å². The first kappa shape index (κ1) is 15.7. The van der Waals surface area contributed by atoms with Crippen LogP contribution in [0.4, 0.5) is 0 Å². The lowest BCUT2D eigenvalue weighted by Crippen LogP contribution is -2.17. The summed E-state index contributed by atoms with van der Waals surface area (Å²) in [4.78, 5) is 12.7. The van der Waals surface area contributed by atoms with Crippen LogP contribution in [0.15, 0.2) is 59.7 Å². The summed E-state index contributed by atoms with van der Waals surface area (Å²) >= 11 is 7.66. The molecule has 5 heteroatoms. The lowest BCUT2D eigenvalue weighted by molar-refractivity contribution is 0.0959. The Morgan fingerprint density at radius 2 is 1.87 bits per heavy atom. The minimum atomic E-state index is -0.285. The number of halogens is 1. The Labute approximate surface area is 143 Å². The topological polar surface area (TPSA) is 41.5 Å². The number of nitrogens with zero attached hydrogens (tertiary/aromatic N) is 1. The van der Waals surface area contributed by atoms with Gasteiger partial charge in [-0.1, -0.05) is 67.1 Å². The lowest BCUT2D eigenvalue weighted by Gasteiger charge is -2.05. The van der Waals surface area contributed by atoms with Gasteiger partial charge >= 0.3 is 0 Å². The number of carbonyl (C=O) groups excluding carboxylic acids is 1. The summed E-state index contributed by atoms with van der Waals surface area (Å²) in [5.41, 5.74) is 3.70. The highest BCUT2D eigenvalue weighted by Crippen LogP contribution is 2.34. The van der Waals surface area contributed by atoms with E-state index in [0.29, 0.717) is 9.90 Å². The highest BCUT2D eigenvalue weighted by atomic mass is 35.5. The second-order valence-electron chi connectivity index (χ2n) is 5.16. The fourth-order valence-electron chi connectivity index (χ4n) is 2.26. The standard InChI is InChI=1S/C18H15ClN2OS/c1-12(13-7-3-2-4-8-13)11-20-21-18(22)17-16(19)14-9-5-6-10-15(14)23-17/h2-12H,1H3,(H,21,22)/b20-11+. The highest BCUT2D eigenvalue weighted by Gasteiger charge is 2.16. The second kappa shape index (κ2) is 6.94. The average Bonchev–Trinajstić information content (AvgIpc) is 2.93. The van der Waals surface area contributed by atoms with Crippen molar-refractivity contribution in [3.8, 4) is 0 Å². The van der Waals surface area contributed by atoms with E-state index in [1.54, 1.807) is 6.21 Å². The molecule has 0 saturated heterocycles. The Bertz CT molecular complexity index is 858. The number of rotatable bonds is 4. The Morgan fingerprint density at radius 3 is 2.61 bits per heavy atom. The third kappa shape index (κ3) is 3.44. The third-order valence-corrected chi connectivity index (χ3v) is 5.20. The molecule has 0 bridgehead atoms. The van der Waals surface area contributed by atoms with Gasteiger partial charge in [-0.05, 0) is 11.6 Å². The van der Waals surface area contributed by atoms with Gasteiger partial charge in [-0.15, -0.1) is 11.3 Å². The molecular weight excluding hydrogens is 328 g/mol. The van der Waals surface area contributed by atoms with E-state index in [1.165, 1.54) is 11.3 Å². The van der Waals surface area contributed by atoms with Gasteiger partial charge in [-0.2, -0.15) is 5.10 Å². The molecule has 1 unspecified atom stereocenters. The molecule has 3 rings (SSSR count). The zero-order valence-electron chi connectivity index (χ0n) is 12.5. The summed E-state index contributed by atoms with van der Waals surface area (Å²) in [5, 5.41) is 5.43. The molecule has 3 nitrogen and oxygen atoms in total. The molecule has 0 aliphatic rings. The molecule has 1 N–H and O–H groups in total. The average molecular weight is 343 g/mol. The van der Waals surface area contributed by atoms with Gasteiger partial charge in [0.2, 0.25) is 0 Å². The Kier molecular flexibility index (Phi) is 4.74. The van der Waals surface area contributed by atoms with Crippen LogP contribution in [0.3, 0.4) is 0 Å². The predicted octanol–water partition coefficient (Wildman–Crippen LogP) is 5.07. The Balaban J connectivity index is 1.71. The number of hydrogen-bond donors (Lipinski definition) is 1. The van der Waals surface area contributed by atoms with Gasteiger partial charge < -0.3 is 0 Å². The van der Waals surface area contributed by atoms with E-state index in [0.717, 1.165) is 15.6 Å². The van der Waals surface area contributed by atoms with Crippen LogP contribution in [0.2, 0.25) is 5.02 Å². The van der Waals surface area contributed by atoms with Gasteiger partial charge in [-0.25, -0.2) is 5.43 Å². The maximum Gasteiger partial charge on any atom is 0.282 e. The number of hydrogen-bond acceptors (Lipinski definition) is 3. The maximum absolute atomic E-state index is 12.3. The molecule has 0 aliphatic heterocycles. The Hall–Kier alpha value is -2.17. The van der Waals surface area contributed by atoms with Gasteiger partial charge in [0.05, 0.1) is 5.02 Å². The number of thiophene rings is 1. The van der Waals surface area contributed by atoms with Crippen molar-refractivity contribution < 1.29 is 4.79 Å². The van der Waals surface area contributed by atoms with E-state index >= 15 is 0 Å². The van der Waals surface area contributed by atoms with Crippen LogP contribution in [0.25, 0.3) is 10.1 Å². The van der Waals surface area contributed by atoms with Crippen molar-refractivity contribution in [3.63, 3.8) is 0 Å². The third-order valence-electron chi connectivity index (χ3n) is 3.53. The summed E-state index contributed by atoms with van der Waals surface area (Å²) < 4.78 is 0.990. The number of fused-ring (bicyclic) bond motifs is 1. The van der Waals surface area contributed by atoms with Crippen molar-refractivity contribution in [2.75, 3.05) is 0 Å². The zero-order chi connectivity index (χ0) is 16.2. The van der Waals surface area contributed by atoms with Crippen LogP contribution in [0.1, 0.15) is 28.1 Å². The molecule has 0 fully saturated rings. The summed E-state index contributed by atoms with van der Waals surface area (Å²) in [6.07, 6.45) is 1.72. The van der Waals surface area contributed by atoms with E-state index in [2.05, 4.69) is 10.5 Å². The van der Waals surface area contributed by atoms with Gasteiger partial charge in [0.1, 0.15) is 4.88 Å². The quantitative estimate of drug-likeness (QED) is 0.521. The van der Waals surface area contributed by atoms with Gasteiger partial charge in [0.25, 0.3) is 5.91 Å². The maximum atomic E-state index is 12.3. The minimum absolute atomic E-state index is 0.120. The van der Waals surface area contributed by atoms with Crippen molar-refractivity contribution in [1.82, 2.24) is 5.43 Å². The number of nitrogens with one attached hydrogen (secondary N) is 1. The summed E-state index contributed by atoms with van der Waals surface area (Å²) in [6.45, 7) is 2.03. The lowest BCUT2D eigenvalue weighted by atomic mass is 10.0. The molecule has 0 spiro atoms. The second-order valence-corrected chi connectivity index (χ2v) is 6.59. The first-order valence-corrected chi connectivity index (χ1v) is 8.42. The fraction of sp³-hybridized carbons (Fsp3) is 0.111. The first-order valence-electron chi connectivity index (χ1n) is 7.22. The molecular formula is C18H15ClN2OS. The normalized spacial score (nSPS) is 12.6. The summed E-state index contributed by atoms with van der Waals surface area (Å²) in [5.74, 6) is -0.165. The number of benzene rings is 2. The smallest absolute Gasteiger partial charge is 0.266 e. The van der Waals surface area contributed by atoms with Crippen molar-refractivity contribution in [3.05, 3.63) is 70.1 Å². The molecule has 0 radical (unpaired) electrons. The molecule has 1 atom stereocenters. The van der Waals surface area contributed by atoms with Crippen molar-refractivity contribution in [2.24, 2.45) is 5.10 Å². The number of amides is 1. The largest absolute Gasteiger partial charge is 0.282 e. The van der Waals surface area contributed by atoms with E-state index in [-0.39, 0.29) is 11.8 Å². The van der Waals surface area contributed by atoms with Gasteiger partial charge in [-0.3, -0.25) is 4.79 Å². The molecule has 23 heavy (non-hydrogen) atoms. The molecule has 1 amide bonds. The Morgan fingerprint density at radius 1 is 1.17 bits per heavy atom. The predicted molar refractivity (Wildman–Crippen MR) is 97.7 cm³/mol. The fourth-order valence-corrected chi connectivity index (χ4v) is 3.67. The molecule has 0 aliphatic carbocycles. The highest BCUT2D eigenvalue weighted by molar-refractivity contribution is 7.21. The summed E-state index contributed by atoms with van der Waals surface area (Å²) in [6, 6.07) is 17.7. The van der Waals surface area contributed by atoms with E-state index in [9.17, 15) is 4.79 Å². The van der Waals surface area contributed by atoms with Crippen LogP contribution < -0.4 is 5.43 Å². The molecule has 2 aromatic carbocycles. The van der Waals surface area contributed by atoms with Crippen molar-refractivity contribution >= 4 is 45.1 Å². The zero-order valence-corrected chi connectivity index (χ0v) is 14.1.